The van der Waals surface area contributed by atoms with Crippen LogP contribution in [0.25, 0.3) is 0 Å². The monoisotopic (exact) mass is 251 g/mol. The Morgan fingerprint density at radius 3 is 2.94 bits per heavy atom. The second-order valence-corrected chi connectivity index (χ2v) is 5.49. The van der Waals surface area contributed by atoms with E-state index in [1.54, 1.807) is 0 Å². The van der Waals surface area contributed by atoms with Gasteiger partial charge in [0.2, 0.25) is 5.95 Å². The molecule has 0 unspecified atom stereocenters. The van der Waals surface area contributed by atoms with Crippen LogP contribution in [0.5, 0.6) is 0 Å². The first-order chi connectivity index (χ1) is 8.77. The molecule has 4 nitrogen and oxygen atoms in total. The summed E-state index contributed by atoms with van der Waals surface area (Å²) in [6.45, 7) is 6.74. The normalized spacial score (nSPS) is 16.6. The highest BCUT2D eigenvalue weighted by Crippen LogP contribution is 2.31. The Kier molecular flexibility index (Phi) is 5.05. The minimum absolute atomic E-state index is 0.602. The minimum Gasteiger partial charge on any atom is -0.379 e. The van der Waals surface area contributed by atoms with E-state index in [-0.39, 0.29) is 0 Å². The number of rotatable bonds is 7. The number of ether oxygens (including phenoxy) is 1. The molecule has 1 aromatic rings. The number of hydrogen-bond acceptors (Lipinski definition) is 3. The Morgan fingerprint density at radius 2 is 2.22 bits per heavy atom. The van der Waals surface area contributed by atoms with Crippen LogP contribution in [0.4, 0.5) is 5.95 Å². The van der Waals surface area contributed by atoms with Gasteiger partial charge in [0.1, 0.15) is 0 Å². The van der Waals surface area contributed by atoms with E-state index in [9.17, 15) is 0 Å². The zero-order valence-electron chi connectivity index (χ0n) is 11.6. The SMILES string of the molecule is CC(C)COCCNc1nccn1C1CCCC1. The highest BCUT2D eigenvalue weighted by molar-refractivity contribution is 5.26. The van der Waals surface area contributed by atoms with Gasteiger partial charge in [-0.05, 0) is 18.8 Å². The summed E-state index contributed by atoms with van der Waals surface area (Å²) in [7, 11) is 0. The molecule has 1 N–H and O–H groups in total. The quantitative estimate of drug-likeness (QED) is 0.757. The average molecular weight is 251 g/mol. The smallest absolute Gasteiger partial charge is 0.203 e. The Labute approximate surface area is 110 Å². The van der Waals surface area contributed by atoms with Crippen molar-refractivity contribution < 1.29 is 4.74 Å². The van der Waals surface area contributed by atoms with E-state index in [1.165, 1.54) is 25.7 Å². The van der Waals surface area contributed by atoms with Crippen LogP contribution in [0.1, 0.15) is 45.6 Å². The highest BCUT2D eigenvalue weighted by Gasteiger charge is 2.18. The standard InChI is InChI=1S/C14H25N3O/c1-12(2)11-18-10-8-16-14-15-7-9-17(14)13-5-3-4-6-13/h7,9,12-13H,3-6,8,10-11H2,1-2H3,(H,15,16). The fraction of sp³-hybridized carbons (Fsp3) is 0.786. The lowest BCUT2D eigenvalue weighted by Gasteiger charge is -2.15. The molecule has 1 aromatic heterocycles. The van der Waals surface area contributed by atoms with Crippen molar-refractivity contribution in [2.45, 2.75) is 45.6 Å². The van der Waals surface area contributed by atoms with Crippen LogP contribution in [0.15, 0.2) is 12.4 Å². The maximum absolute atomic E-state index is 5.56. The van der Waals surface area contributed by atoms with Crippen molar-refractivity contribution in [2.75, 3.05) is 25.1 Å². The fourth-order valence-electron chi connectivity index (χ4n) is 2.48. The Bertz CT molecular complexity index is 343. The van der Waals surface area contributed by atoms with E-state index in [1.807, 2.05) is 6.20 Å². The second kappa shape index (κ2) is 6.78. The van der Waals surface area contributed by atoms with Gasteiger partial charge in [0.25, 0.3) is 0 Å². The van der Waals surface area contributed by atoms with Gasteiger partial charge in [-0.25, -0.2) is 4.98 Å². The number of hydrogen-bond donors (Lipinski definition) is 1. The van der Waals surface area contributed by atoms with Crippen molar-refractivity contribution in [1.29, 1.82) is 0 Å². The van der Waals surface area contributed by atoms with Gasteiger partial charge in [-0.2, -0.15) is 0 Å². The molecule has 1 aliphatic carbocycles. The van der Waals surface area contributed by atoms with Gasteiger partial charge in [0, 0.05) is 31.6 Å². The molecule has 1 fully saturated rings. The average Bonchev–Trinajstić information content (AvgIpc) is 2.97. The summed E-state index contributed by atoms with van der Waals surface area (Å²) in [6.07, 6.45) is 9.24. The summed E-state index contributed by atoms with van der Waals surface area (Å²) in [5, 5.41) is 3.37. The van der Waals surface area contributed by atoms with Gasteiger partial charge >= 0.3 is 0 Å². The van der Waals surface area contributed by atoms with Crippen LogP contribution < -0.4 is 5.32 Å². The van der Waals surface area contributed by atoms with Crippen LogP contribution in [0.2, 0.25) is 0 Å². The first-order valence-electron chi connectivity index (χ1n) is 7.12. The number of nitrogens with one attached hydrogen (secondary N) is 1. The zero-order valence-corrected chi connectivity index (χ0v) is 11.6. The maximum Gasteiger partial charge on any atom is 0.203 e. The second-order valence-electron chi connectivity index (χ2n) is 5.49. The van der Waals surface area contributed by atoms with E-state index in [0.717, 1.165) is 25.7 Å². The molecule has 0 aliphatic heterocycles. The number of nitrogens with zero attached hydrogens (tertiary/aromatic N) is 2. The predicted octanol–water partition coefficient (Wildman–Crippen LogP) is 3.08. The third-order valence-corrected chi connectivity index (χ3v) is 3.37. The first-order valence-corrected chi connectivity index (χ1v) is 7.12. The fourth-order valence-corrected chi connectivity index (χ4v) is 2.48. The summed E-state index contributed by atoms with van der Waals surface area (Å²) in [4.78, 5) is 4.39. The van der Waals surface area contributed by atoms with Crippen LogP contribution in [0.3, 0.4) is 0 Å². The van der Waals surface area contributed by atoms with Gasteiger partial charge in [0.15, 0.2) is 0 Å². The molecule has 1 saturated carbocycles. The van der Waals surface area contributed by atoms with E-state index in [2.05, 4.69) is 34.9 Å². The molecule has 2 rings (SSSR count). The van der Waals surface area contributed by atoms with Crippen molar-refractivity contribution >= 4 is 5.95 Å². The van der Waals surface area contributed by atoms with Crippen LogP contribution in [-0.2, 0) is 4.74 Å². The van der Waals surface area contributed by atoms with E-state index in [0.29, 0.717) is 12.0 Å². The number of aromatic nitrogens is 2. The molecular formula is C14H25N3O. The predicted molar refractivity (Wildman–Crippen MR) is 73.9 cm³/mol. The largest absolute Gasteiger partial charge is 0.379 e. The zero-order chi connectivity index (χ0) is 12.8. The highest BCUT2D eigenvalue weighted by atomic mass is 16.5. The van der Waals surface area contributed by atoms with Crippen molar-refractivity contribution in [3.63, 3.8) is 0 Å². The van der Waals surface area contributed by atoms with Crippen molar-refractivity contribution in [2.24, 2.45) is 5.92 Å². The maximum atomic E-state index is 5.56. The lowest BCUT2D eigenvalue weighted by atomic mass is 10.2. The van der Waals surface area contributed by atoms with E-state index < -0.39 is 0 Å². The molecule has 0 amide bonds. The molecule has 102 valence electrons. The van der Waals surface area contributed by atoms with Crippen LogP contribution in [-0.4, -0.2) is 29.3 Å². The summed E-state index contributed by atoms with van der Waals surface area (Å²) in [5.41, 5.74) is 0. The van der Waals surface area contributed by atoms with Crippen molar-refractivity contribution in [3.05, 3.63) is 12.4 Å². The summed E-state index contributed by atoms with van der Waals surface area (Å²) < 4.78 is 7.85. The van der Waals surface area contributed by atoms with Crippen molar-refractivity contribution in [1.82, 2.24) is 9.55 Å². The van der Waals surface area contributed by atoms with E-state index >= 15 is 0 Å². The van der Waals surface area contributed by atoms with Crippen LogP contribution >= 0.6 is 0 Å². The summed E-state index contributed by atoms with van der Waals surface area (Å²) in [6, 6.07) is 0.645. The third kappa shape index (κ3) is 3.73. The summed E-state index contributed by atoms with van der Waals surface area (Å²) >= 11 is 0. The molecule has 0 atom stereocenters. The molecule has 0 aromatic carbocycles. The summed E-state index contributed by atoms with van der Waals surface area (Å²) in [5.74, 6) is 1.60. The molecule has 0 saturated heterocycles. The Hall–Kier alpha value is -1.03. The molecule has 0 spiro atoms. The van der Waals surface area contributed by atoms with Gasteiger partial charge in [-0.15, -0.1) is 0 Å². The lowest BCUT2D eigenvalue weighted by Crippen LogP contribution is -2.16. The topological polar surface area (TPSA) is 39.1 Å². The van der Waals surface area contributed by atoms with E-state index in [4.69, 9.17) is 4.74 Å². The molecule has 4 heteroatoms. The van der Waals surface area contributed by atoms with Crippen molar-refractivity contribution in [3.8, 4) is 0 Å². The van der Waals surface area contributed by atoms with Crippen LogP contribution in [0, 0.1) is 5.92 Å². The lowest BCUT2D eigenvalue weighted by molar-refractivity contribution is 0.118. The molecule has 1 heterocycles. The minimum atomic E-state index is 0.602. The molecule has 0 radical (unpaired) electrons. The third-order valence-electron chi connectivity index (χ3n) is 3.37. The Morgan fingerprint density at radius 1 is 1.44 bits per heavy atom. The van der Waals surface area contributed by atoms with Gasteiger partial charge < -0.3 is 14.6 Å². The molecular weight excluding hydrogens is 226 g/mol. The molecule has 18 heavy (non-hydrogen) atoms. The number of imidazole rings is 1. The Balaban J connectivity index is 1.74. The number of anilines is 1. The van der Waals surface area contributed by atoms with Gasteiger partial charge in [-0.3, -0.25) is 0 Å². The molecule has 1 aliphatic rings. The van der Waals surface area contributed by atoms with Gasteiger partial charge in [-0.1, -0.05) is 26.7 Å². The van der Waals surface area contributed by atoms with Gasteiger partial charge in [0.05, 0.1) is 6.61 Å². The first kappa shape index (κ1) is 13.4. The molecule has 0 bridgehead atoms.